The number of hydrogen-bond acceptors (Lipinski definition) is 6. The molecule has 2 aromatic carbocycles. The molecule has 0 unspecified atom stereocenters. The number of amides is 2. The number of methoxy groups -OCH3 is 2. The van der Waals surface area contributed by atoms with E-state index in [1.807, 2.05) is 0 Å². The predicted molar refractivity (Wildman–Crippen MR) is 111 cm³/mol. The van der Waals surface area contributed by atoms with E-state index in [4.69, 9.17) is 14.2 Å². The van der Waals surface area contributed by atoms with Crippen LogP contribution in [0.3, 0.4) is 0 Å². The monoisotopic (exact) mass is 412 g/mol. The van der Waals surface area contributed by atoms with Gasteiger partial charge in [-0.2, -0.15) is 0 Å². The third-order valence-electron chi connectivity index (χ3n) is 4.94. The van der Waals surface area contributed by atoms with Gasteiger partial charge in [0.25, 0.3) is 5.91 Å². The van der Waals surface area contributed by atoms with E-state index in [0.717, 1.165) is 0 Å². The Morgan fingerprint density at radius 2 is 1.80 bits per heavy atom. The average molecular weight is 412 g/mol. The van der Waals surface area contributed by atoms with Gasteiger partial charge >= 0.3 is 5.97 Å². The second-order valence-electron chi connectivity index (χ2n) is 7.27. The van der Waals surface area contributed by atoms with Crippen LogP contribution in [0.2, 0.25) is 0 Å². The van der Waals surface area contributed by atoms with Crippen molar-refractivity contribution >= 4 is 29.2 Å². The molecule has 1 heterocycles. The molecule has 1 N–H and O–H groups in total. The molecule has 2 amide bonds. The van der Waals surface area contributed by atoms with Gasteiger partial charge in [0.05, 0.1) is 32.0 Å². The molecule has 8 heteroatoms. The van der Waals surface area contributed by atoms with Crippen LogP contribution in [0.15, 0.2) is 42.5 Å². The van der Waals surface area contributed by atoms with Crippen LogP contribution in [0.4, 0.5) is 11.4 Å². The lowest BCUT2D eigenvalue weighted by Gasteiger charge is -2.41. The van der Waals surface area contributed by atoms with Crippen molar-refractivity contribution in [2.75, 3.05) is 31.0 Å². The highest BCUT2D eigenvalue weighted by Gasteiger charge is 2.43. The molecule has 0 bridgehead atoms. The topological polar surface area (TPSA) is 94.2 Å². The number of rotatable bonds is 6. The summed E-state index contributed by atoms with van der Waals surface area (Å²) in [6, 6.07) is 12.1. The van der Waals surface area contributed by atoms with Crippen molar-refractivity contribution in [2.45, 2.75) is 25.8 Å². The Morgan fingerprint density at radius 1 is 1.07 bits per heavy atom. The van der Waals surface area contributed by atoms with Gasteiger partial charge in [0.15, 0.2) is 6.61 Å². The first-order valence-electron chi connectivity index (χ1n) is 9.38. The Bertz CT molecular complexity index is 985. The Morgan fingerprint density at radius 3 is 2.50 bits per heavy atom. The molecule has 30 heavy (non-hydrogen) atoms. The van der Waals surface area contributed by atoms with Crippen molar-refractivity contribution in [1.82, 2.24) is 0 Å². The van der Waals surface area contributed by atoms with Crippen molar-refractivity contribution in [3.05, 3.63) is 48.0 Å². The summed E-state index contributed by atoms with van der Waals surface area (Å²) in [5.74, 6) is -0.302. The molecule has 3 rings (SSSR count). The number of anilines is 2. The maximum absolute atomic E-state index is 12.9. The van der Waals surface area contributed by atoms with E-state index in [9.17, 15) is 14.4 Å². The van der Waals surface area contributed by atoms with Gasteiger partial charge in [-0.05, 0) is 32.0 Å². The van der Waals surface area contributed by atoms with Gasteiger partial charge in [0.2, 0.25) is 5.91 Å². The van der Waals surface area contributed by atoms with Gasteiger partial charge in [-0.15, -0.1) is 0 Å². The maximum Gasteiger partial charge on any atom is 0.310 e. The first-order valence-corrected chi connectivity index (χ1v) is 9.38. The third kappa shape index (κ3) is 4.07. The summed E-state index contributed by atoms with van der Waals surface area (Å²) in [7, 11) is 3.03. The van der Waals surface area contributed by atoms with Crippen LogP contribution in [0, 0.1) is 0 Å². The van der Waals surface area contributed by atoms with Gasteiger partial charge < -0.3 is 19.5 Å². The zero-order valence-electron chi connectivity index (χ0n) is 17.4. The molecule has 0 saturated heterocycles. The van der Waals surface area contributed by atoms with Crippen LogP contribution >= 0.6 is 0 Å². The standard InChI is InChI=1S/C22H24N2O6/c1-22(2)21(27)23-16-7-5-6-8-17(16)24(22)19(25)13-30-20(26)11-14-9-10-15(28-3)12-18(14)29-4/h5-10,12H,11,13H2,1-4H3,(H,23,27). The SMILES string of the molecule is COc1ccc(CC(=O)OCC(=O)N2c3ccccc3NC(=O)C2(C)C)c(OC)c1. The van der Waals surface area contributed by atoms with Crippen LogP contribution in [-0.2, 0) is 25.5 Å². The molecule has 1 aliphatic heterocycles. The lowest BCUT2D eigenvalue weighted by Crippen LogP contribution is -2.59. The first-order chi connectivity index (χ1) is 14.3. The smallest absolute Gasteiger partial charge is 0.310 e. The third-order valence-corrected chi connectivity index (χ3v) is 4.94. The Labute approximate surface area is 174 Å². The molecular weight excluding hydrogens is 388 g/mol. The van der Waals surface area contributed by atoms with Gasteiger partial charge in [0.1, 0.15) is 17.0 Å². The number of nitrogens with one attached hydrogen (secondary N) is 1. The fourth-order valence-corrected chi connectivity index (χ4v) is 3.31. The predicted octanol–water partition coefficient (Wildman–Crippen LogP) is 2.55. The lowest BCUT2D eigenvalue weighted by molar-refractivity contribution is -0.147. The molecule has 0 atom stereocenters. The summed E-state index contributed by atoms with van der Waals surface area (Å²) < 4.78 is 15.6. The molecule has 2 aromatic rings. The normalized spacial score (nSPS) is 14.4. The van der Waals surface area contributed by atoms with Crippen LogP contribution in [-0.4, -0.2) is 44.1 Å². The zero-order chi connectivity index (χ0) is 21.9. The number of fused-ring (bicyclic) bond motifs is 1. The van der Waals surface area contributed by atoms with Gasteiger partial charge in [-0.3, -0.25) is 19.3 Å². The van der Waals surface area contributed by atoms with Crippen molar-refractivity contribution in [1.29, 1.82) is 0 Å². The molecule has 0 saturated carbocycles. The van der Waals surface area contributed by atoms with Crippen LogP contribution in [0.1, 0.15) is 19.4 Å². The van der Waals surface area contributed by atoms with Gasteiger partial charge in [-0.1, -0.05) is 18.2 Å². The van der Waals surface area contributed by atoms with E-state index >= 15 is 0 Å². The fourth-order valence-electron chi connectivity index (χ4n) is 3.31. The summed E-state index contributed by atoms with van der Waals surface area (Å²) in [4.78, 5) is 39.1. The van der Waals surface area contributed by atoms with Gasteiger partial charge in [-0.25, -0.2) is 0 Å². The van der Waals surface area contributed by atoms with E-state index in [1.54, 1.807) is 56.3 Å². The van der Waals surface area contributed by atoms with Crippen molar-refractivity contribution in [2.24, 2.45) is 0 Å². The lowest BCUT2D eigenvalue weighted by atomic mass is 9.96. The zero-order valence-corrected chi connectivity index (χ0v) is 17.4. The van der Waals surface area contributed by atoms with E-state index < -0.39 is 24.0 Å². The van der Waals surface area contributed by atoms with E-state index in [0.29, 0.717) is 28.4 Å². The van der Waals surface area contributed by atoms with Crippen molar-refractivity contribution < 1.29 is 28.6 Å². The summed E-state index contributed by atoms with van der Waals surface area (Å²) >= 11 is 0. The second kappa shape index (κ2) is 8.44. The largest absolute Gasteiger partial charge is 0.497 e. The molecule has 158 valence electrons. The quantitative estimate of drug-likeness (QED) is 0.733. The number of ether oxygens (including phenoxy) is 3. The summed E-state index contributed by atoms with van der Waals surface area (Å²) in [6.07, 6.45) is -0.0685. The summed E-state index contributed by atoms with van der Waals surface area (Å²) in [6.45, 7) is 2.79. The minimum absolute atomic E-state index is 0.0685. The van der Waals surface area contributed by atoms with E-state index in [2.05, 4.69) is 5.32 Å². The number of carbonyl (C=O) groups excluding carboxylic acids is 3. The highest BCUT2D eigenvalue weighted by molar-refractivity contribution is 6.14. The number of para-hydroxylation sites is 2. The molecule has 0 radical (unpaired) electrons. The molecule has 8 nitrogen and oxygen atoms in total. The molecule has 0 aromatic heterocycles. The second-order valence-corrected chi connectivity index (χ2v) is 7.27. The maximum atomic E-state index is 12.9. The van der Waals surface area contributed by atoms with Crippen LogP contribution in [0.5, 0.6) is 11.5 Å². The van der Waals surface area contributed by atoms with E-state index in [1.165, 1.54) is 19.1 Å². The summed E-state index contributed by atoms with van der Waals surface area (Å²) in [5.41, 5.74) is 0.569. The molecule has 0 fully saturated rings. The number of esters is 1. The highest BCUT2D eigenvalue weighted by atomic mass is 16.5. The minimum atomic E-state index is -1.13. The number of nitrogens with zero attached hydrogens (tertiary/aromatic N) is 1. The summed E-state index contributed by atoms with van der Waals surface area (Å²) in [5, 5.41) is 2.79. The van der Waals surface area contributed by atoms with Crippen molar-refractivity contribution in [3.8, 4) is 11.5 Å². The van der Waals surface area contributed by atoms with Crippen LogP contribution in [0.25, 0.3) is 0 Å². The average Bonchev–Trinajstić information content (AvgIpc) is 2.73. The number of benzene rings is 2. The fraction of sp³-hybridized carbons (Fsp3) is 0.318. The highest BCUT2D eigenvalue weighted by Crippen LogP contribution is 2.36. The Hall–Kier alpha value is -3.55. The molecular formula is C22H24N2O6. The Balaban J connectivity index is 1.71. The number of hydrogen-bond donors (Lipinski definition) is 1. The van der Waals surface area contributed by atoms with E-state index in [-0.39, 0.29) is 12.3 Å². The van der Waals surface area contributed by atoms with Crippen LogP contribution < -0.4 is 19.7 Å². The first kappa shape index (κ1) is 21.2. The molecule has 0 spiro atoms. The molecule has 0 aliphatic carbocycles. The minimum Gasteiger partial charge on any atom is -0.497 e. The van der Waals surface area contributed by atoms with Gasteiger partial charge in [0, 0.05) is 11.6 Å². The van der Waals surface area contributed by atoms with Crippen molar-refractivity contribution in [3.63, 3.8) is 0 Å². The molecule has 1 aliphatic rings. The Kier molecular flexibility index (Phi) is 5.96. The number of carbonyl (C=O) groups is 3.